The third-order valence-corrected chi connectivity index (χ3v) is 8.73. The van der Waals surface area contributed by atoms with Crippen molar-refractivity contribution in [3.63, 3.8) is 0 Å². The summed E-state index contributed by atoms with van der Waals surface area (Å²) >= 11 is 7.15. The number of ether oxygens (including phenoxy) is 2. The smallest absolute Gasteiger partial charge is 0.338 e. The second-order valence-electron chi connectivity index (χ2n) is 8.01. The van der Waals surface area contributed by atoms with E-state index in [-0.39, 0.29) is 44.7 Å². The van der Waals surface area contributed by atoms with Gasteiger partial charge in [-0.2, -0.15) is 0 Å². The number of Topliss-reactive ketones (excluding diaryl/α,β-unsaturated/α-hetero) is 1. The van der Waals surface area contributed by atoms with Gasteiger partial charge in [0.15, 0.2) is 12.4 Å². The highest BCUT2D eigenvalue weighted by atomic mass is 79.9. The normalized spacial score (nSPS) is 24.4. The predicted molar refractivity (Wildman–Crippen MR) is 128 cm³/mol. The van der Waals surface area contributed by atoms with Crippen molar-refractivity contribution in [3.8, 4) is 5.75 Å². The quantitative estimate of drug-likeness (QED) is 0.221. The average molecular weight is 579 g/mol. The number of anilines is 1. The highest BCUT2D eigenvalue weighted by molar-refractivity contribution is 9.12. The molecule has 0 aromatic heterocycles. The van der Waals surface area contributed by atoms with Crippen molar-refractivity contribution in [2.75, 3.05) is 18.6 Å². The first kappa shape index (κ1) is 23.6. The highest BCUT2D eigenvalue weighted by Gasteiger charge is 2.52. The molecule has 4 unspecified atom stereocenters. The number of methoxy groups -OCH3 is 1. The number of hydrogen-bond acceptors (Lipinski definition) is 6. The van der Waals surface area contributed by atoms with Gasteiger partial charge in [-0.15, -0.1) is 0 Å². The Morgan fingerprint density at radius 2 is 1.55 bits per heavy atom. The fraction of sp³-hybridized carbons (Fsp3) is 0.333. The summed E-state index contributed by atoms with van der Waals surface area (Å²) in [6, 6.07) is 12.6. The minimum Gasteiger partial charge on any atom is -0.497 e. The van der Waals surface area contributed by atoms with Gasteiger partial charge in [-0.1, -0.05) is 37.9 Å². The first-order valence-corrected chi connectivity index (χ1v) is 12.2. The molecule has 4 atom stereocenters. The van der Waals surface area contributed by atoms with Gasteiger partial charge in [-0.05, 0) is 55.3 Å². The molecule has 172 valence electrons. The Balaban J connectivity index is 1.45. The van der Waals surface area contributed by atoms with Crippen LogP contribution in [-0.4, -0.2) is 46.9 Å². The molecule has 0 bridgehead atoms. The third kappa shape index (κ3) is 4.75. The number of ketones is 1. The Bertz CT molecular complexity index is 1070. The van der Waals surface area contributed by atoms with Crippen molar-refractivity contribution in [2.24, 2.45) is 11.8 Å². The molecular weight excluding hydrogens is 558 g/mol. The lowest BCUT2D eigenvalue weighted by Crippen LogP contribution is -2.34. The number of carbonyl (C=O) groups excluding carboxylic acids is 4. The molecule has 4 rings (SSSR count). The lowest BCUT2D eigenvalue weighted by atomic mass is 9.81. The minimum absolute atomic E-state index is 0.111. The fourth-order valence-electron chi connectivity index (χ4n) is 4.20. The van der Waals surface area contributed by atoms with Gasteiger partial charge in [0, 0.05) is 15.2 Å². The highest BCUT2D eigenvalue weighted by Crippen LogP contribution is 2.44. The Morgan fingerprint density at radius 3 is 2.12 bits per heavy atom. The Labute approximate surface area is 207 Å². The van der Waals surface area contributed by atoms with Crippen molar-refractivity contribution in [1.82, 2.24) is 0 Å². The van der Waals surface area contributed by atoms with E-state index in [1.807, 2.05) is 0 Å². The van der Waals surface area contributed by atoms with Gasteiger partial charge in [0.2, 0.25) is 11.8 Å². The predicted octanol–water partition coefficient (Wildman–Crippen LogP) is 4.16. The minimum atomic E-state index is -0.712. The third-order valence-electron chi connectivity index (χ3n) is 6.00. The molecule has 1 heterocycles. The largest absolute Gasteiger partial charge is 0.497 e. The molecule has 1 aliphatic heterocycles. The second-order valence-corrected chi connectivity index (χ2v) is 10.4. The summed E-state index contributed by atoms with van der Waals surface area (Å²) in [6.45, 7) is -0.430. The van der Waals surface area contributed by atoms with Crippen LogP contribution in [0.4, 0.5) is 5.69 Å². The van der Waals surface area contributed by atoms with Crippen LogP contribution in [0.3, 0.4) is 0 Å². The first-order valence-electron chi connectivity index (χ1n) is 10.4. The molecule has 33 heavy (non-hydrogen) atoms. The molecule has 0 N–H and O–H groups in total. The summed E-state index contributed by atoms with van der Waals surface area (Å²) in [4.78, 5) is 52.3. The van der Waals surface area contributed by atoms with Crippen molar-refractivity contribution in [3.05, 3.63) is 59.7 Å². The summed E-state index contributed by atoms with van der Waals surface area (Å²) in [7, 11) is 1.53. The number of fused-ring (bicyclic) bond motifs is 1. The topological polar surface area (TPSA) is 90.0 Å². The van der Waals surface area contributed by atoms with Crippen LogP contribution in [0.1, 0.15) is 33.6 Å². The van der Waals surface area contributed by atoms with E-state index in [1.165, 1.54) is 24.1 Å². The number of carbonyl (C=O) groups is 4. The Hall–Kier alpha value is -2.52. The summed E-state index contributed by atoms with van der Waals surface area (Å²) in [5.41, 5.74) is 0.873. The van der Waals surface area contributed by atoms with E-state index >= 15 is 0 Å². The molecule has 1 saturated heterocycles. The summed E-state index contributed by atoms with van der Waals surface area (Å²) in [5, 5.41) is 0. The van der Waals surface area contributed by atoms with E-state index in [1.54, 1.807) is 36.4 Å². The van der Waals surface area contributed by atoms with Crippen LogP contribution >= 0.6 is 31.9 Å². The number of alkyl halides is 2. The van der Waals surface area contributed by atoms with Gasteiger partial charge >= 0.3 is 5.97 Å². The van der Waals surface area contributed by atoms with E-state index in [9.17, 15) is 19.2 Å². The first-order chi connectivity index (χ1) is 15.8. The van der Waals surface area contributed by atoms with E-state index < -0.39 is 12.6 Å². The summed E-state index contributed by atoms with van der Waals surface area (Å²) < 4.78 is 10.2. The van der Waals surface area contributed by atoms with Crippen molar-refractivity contribution in [2.45, 2.75) is 22.5 Å². The number of imide groups is 1. The number of halogens is 2. The van der Waals surface area contributed by atoms with Gasteiger partial charge in [-0.25, -0.2) is 4.79 Å². The van der Waals surface area contributed by atoms with Crippen LogP contribution in [0.15, 0.2) is 48.5 Å². The molecule has 2 fully saturated rings. The molecular formula is C24H21Br2NO6. The molecule has 2 amide bonds. The molecule has 1 aliphatic carbocycles. The van der Waals surface area contributed by atoms with Gasteiger partial charge in [0.25, 0.3) is 0 Å². The van der Waals surface area contributed by atoms with Gasteiger partial charge < -0.3 is 9.47 Å². The molecule has 0 spiro atoms. The molecule has 2 aromatic rings. The van der Waals surface area contributed by atoms with E-state index in [0.717, 1.165) is 0 Å². The number of hydrogen-bond donors (Lipinski definition) is 0. The zero-order chi connectivity index (χ0) is 23.7. The molecule has 1 saturated carbocycles. The van der Waals surface area contributed by atoms with Gasteiger partial charge in [-0.3, -0.25) is 19.3 Å². The van der Waals surface area contributed by atoms with Gasteiger partial charge in [0.05, 0.1) is 30.2 Å². The SMILES string of the molecule is COc1ccc(C(=O)COC(=O)c2cccc(N3C(=O)C4CC(Br)C(Br)CC4C3=O)c2)cc1. The van der Waals surface area contributed by atoms with Gasteiger partial charge in [0.1, 0.15) is 5.75 Å². The maximum atomic E-state index is 13.0. The summed E-state index contributed by atoms with van der Waals surface area (Å²) in [6.07, 6.45) is 1.13. The van der Waals surface area contributed by atoms with Crippen LogP contribution in [0.5, 0.6) is 5.75 Å². The molecule has 7 nitrogen and oxygen atoms in total. The van der Waals surface area contributed by atoms with Crippen LogP contribution in [-0.2, 0) is 14.3 Å². The zero-order valence-electron chi connectivity index (χ0n) is 17.7. The number of nitrogens with zero attached hydrogens (tertiary/aromatic N) is 1. The lowest BCUT2D eigenvalue weighted by Gasteiger charge is -2.29. The molecule has 2 aromatic carbocycles. The summed E-state index contributed by atoms with van der Waals surface area (Å²) in [5.74, 6) is -1.73. The number of amides is 2. The second kappa shape index (κ2) is 9.77. The van der Waals surface area contributed by atoms with Crippen LogP contribution in [0.25, 0.3) is 0 Å². The number of esters is 1. The lowest BCUT2D eigenvalue weighted by molar-refractivity contribution is -0.122. The fourth-order valence-corrected chi connectivity index (χ4v) is 5.43. The average Bonchev–Trinajstić information content (AvgIpc) is 3.06. The standard InChI is InChI=1S/C24H21Br2NO6/c1-32-16-7-5-13(6-8-16)21(28)12-33-24(31)14-3-2-4-15(9-14)27-22(29)17-10-19(25)20(26)11-18(17)23(27)30/h2-9,17-20H,10-12H2,1H3. The Kier molecular flexibility index (Phi) is 6.99. The number of rotatable bonds is 6. The van der Waals surface area contributed by atoms with Crippen LogP contribution < -0.4 is 9.64 Å². The van der Waals surface area contributed by atoms with E-state index in [2.05, 4.69) is 31.9 Å². The number of benzene rings is 2. The monoisotopic (exact) mass is 577 g/mol. The van der Waals surface area contributed by atoms with E-state index in [0.29, 0.717) is 29.8 Å². The van der Waals surface area contributed by atoms with E-state index in [4.69, 9.17) is 9.47 Å². The van der Waals surface area contributed by atoms with Crippen molar-refractivity contribution < 1.29 is 28.7 Å². The van der Waals surface area contributed by atoms with Crippen molar-refractivity contribution >= 4 is 61.1 Å². The molecule has 9 heteroatoms. The maximum absolute atomic E-state index is 13.0. The Morgan fingerprint density at radius 1 is 0.939 bits per heavy atom. The van der Waals surface area contributed by atoms with Crippen LogP contribution in [0.2, 0.25) is 0 Å². The van der Waals surface area contributed by atoms with Crippen molar-refractivity contribution in [1.29, 1.82) is 0 Å². The maximum Gasteiger partial charge on any atom is 0.338 e. The van der Waals surface area contributed by atoms with Crippen LogP contribution in [0, 0.1) is 11.8 Å². The molecule has 2 aliphatic rings. The zero-order valence-corrected chi connectivity index (χ0v) is 20.9. The molecule has 0 radical (unpaired) electrons.